The molecule has 2 aromatic rings. The first-order valence-corrected chi connectivity index (χ1v) is 8.08. The maximum Gasteiger partial charge on any atom is 0.182 e. The smallest absolute Gasteiger partial charge is 0.182 e. The Labute approximate surface area is 117 Å². The lowest BCUT2D eigenvalue weighted by Gasteiger charge is -2.03. The van der Waals surface area contributed by atoms with Crippen LogP contribution in [0.25, 0.3) is 5.82 Å². The fraction of sp³-hybridized carbons (Fsp3) is 0.333. The second-order valence-electron chi connectivity index (χ2n) is 4.36. The Morgan fingerprint density at radius 1 is 1.40 bits per heavy atom. The van der Waals surface area contributed by atoms with Crippen molar-refractivity contribution < 1.29 is 8.42 Å². The molecule has 0 aromatic carbocycles. The monoisotopic (exact) mass is 295 g/mol. The lowest BCUT2D eigenvalue weighted by atomic mass is 10.4. The zero-order valence-corrected chi connectivity index (χ0v) is 12.2. The first kappa shape index (κ1) is 14.3. The average molecular weight is 295 g/mol. The molecule has 0 bridgehead atoms. The van der Waals surface area contributed by atoms with Gasteiger partial charge in [0.15, 0.2) is 26.4 Å². The summed E-state index contributed by atoms with van der Waals surface area (Å²) in [6.45, 7) is 2.59. The van der Waals surface area contributed by atoms with Crippen LogP contribution < -0.4 is 11.1 Å². The van der Waals surface area contributed by atoms with E-state index >= 15 is 0 Å². The highest BCUT2D eigenvalue weighted by Gasteiger charge is 2.24. The van der Waals surface area contributed by atoms with E-state index in [9.17, 15) is 8.42 Å². The van der Waals surface area contributed by atoms with Gasteiger partial charge in [-0.2, -0.15) is 4.68 Å². The number of nitrogens with zero attached hydrogens (tertiary/aromatic N) is 3. The molecule has 0 amide bonds. The van der Waals surface area contributed by atoms with Crippen molar-refractivity contribution in [1.82, 2.24) is 14.8 Å². The zero-order valence-electron chi connectivity index (χ0n) is 11.4. The molecule has 0 atom stereocenters. The van der Waals surface area contributed by atoms with E-state index in [2.05, 4.69) is 15.4 Å². The molecule has 3 N–H and O–H groups in total. The molecule has 7 nitrogen and oxygen atoms in total. The number of rotatable bonds is 5. The van der Waals surface area contributed by atoms with E-state index in [1.54, 1.807) is 24.4 Å². The highest BCUT2D eigenvalue weighted by atomic mass is 32.2. The van der Waals surface area contributed by atoms with Crippen LogP contribution in [0.3, 0.4) is 0 Å². The number of pyridine rings is 1. The first-order valence-electron chi connectivity index (χ1n) is 6.19. The minimum absolute atomic E-state index is 0.0107. The maximum atomic E-state index is 11.9. The molecule has 0 fully saturated rings. The Hall–Kier alpha value is -2.09. The van der Waals surface area contributed by atoms with Gasteiger partial charge in [-0.3, -0.25) is 0 Å². The Morgan fingerprint density at radius 2 is 2.15 bits per heavy atom. The van der Waals surface area contributed by atoms with Crippen LogP contribution in [0.4, 0.5) is 11.6 Å². The molecule has 108 valence electrons. The van der Waals surface area contributed by atoms with Gasteiger partial charge in [-0.1, -0.05) is 13.0 Å². The molecule has 0 aliphatic rings. The minimum Gasteiger partial charge on any atom is -0.382 e. The lowest BCUT2D eigenvalue weighted by Crippen LogP contribution is -2.07. The third-order valence-electron chi connectivity index (χ3n) is 2.66. The Bertz CT molecular complexity index is 694. The second kappa shape index (κ2) is 5.49. The predicted molar refractivity (Wildman–Crippen MR) is 77.7 cm³/mol. The third kappa shape index (κ3) is 2.74. The average Bonchev–Trinajstić information content (AvgIpc) is 2.74. The van der Waals surface area contributed by atoms with Crippen molar-refractivity contribution in [1.29, 1.82) is 0 Å². The number of nitrogens with two attached hydrogens (primary N) is 1. The highest BCUT2D eigenvalue weighted by Crippen LogP contribution is 2.28. The molecule has 2 aromatic heterocycles. The molecular weight excluding hydrogens is 278 g/mol. The largest absolute Gasteiger partial charge is 0.382 e. The SMILES string of the molecule is CCCNc1nn(-c2ccccn2)c(N)c1S(C)(=O)=O. The van der Waals surface area contributed by atoms with E-state index in [1.165, 1.54) is 4.68 Å². The van der Waals surface area contributed by atoms with E-state index in [0.29, 0.717) is 12.4 Å². The molecular formula is C12H17N5O2S. The summed E-state index contributed by atoms with van der Waals surface area (Å²) in [6.07, 6.45) is 3.55. The summed E-state index contributed by atoms with van der Waals surface area (Å²) in [7, 11) is -3.48. The van der Waals surface area contributed by atoms with Crippen molar-refractivity contribution in [2.24, 2.45) is 0 Å². The van der Waals surface area contributed by atoms with E-state index in [1.807, 2.05) is 6.92 Å². The van der Waals surface area contributed by atoms with Gasteiger partial charge in [0.05, 0.1) is 0 Å². The van der Waals surface area contributed by atoms with Crippen LogP contribution in [0.5, 0.6) is 0 Å². The summed E-state index contributed by atoms with van der Waals surface area (Å²) < 4.78 is 25.1. The maximum absolute atomic E-state index is 11.9. The van der Waals surface area contributed by atoms with Gasteiger partial charge >= 0.3 is 0 Å². The van der Waals surface area contributed by atoms with Crippen LogP contribution in [-0.4, -0.2) is 36.0 Å². The van der Waals surface area contributed by atoms with E-state index in [-0.39, 0.29) is 16.5 Å². The standard InChI is InChI=1S/C12H17N5O2S/c1-3-7-15-12-10(20(2,18)19)11(13)17(16-12)9-6-4-5-8-14-9/h4-6,8H,3,7,13H2,1-2H3,(H,15,16). The van der Waals surface area contributed by atoms with Crippen molar-refractivity contribution >= 4 is 21.5 Å². The van der Waals surface area contributed by atoms with Crippen LogP contribution in [-0.2, 0) is 9.84 Å². The zero-order chi connectivity index (χ0) is 14.8. The molecule has 0 saturated heterocycles. The molecule has 2 heterocycles. The van der Waals surface area contributed by atoms with Crippen molar-refractivity contribution in [3.63, 3.8) is 0 Å². The van der Waals surface area contributed by atoms with E-state index in [0.717, 1.165) is 12.7 Å². The number of nitrogens with one attached hydrogen (secondary N) is 1. The van der Waals surface area contributed by atoms with Crippen LogP contribution >= 0.6 is 0 Å². The molecule has 20 heavy (non-hydrogen) atoms. The van der Waals surface area contributed by atoms with E-state index in [4.69, 9.17) is 5.73 Å². The first-order chi connectivity index (χ1) is 9.45. The minimum atomic E-state index is -3.48. The number of hydrogen-bond acceptors (Lipinski definition) is 6. The van der Waals surface area contributed by atoms with Gasteiger partial charge in [0.1, 0.15) is 5.82 Å². The molecule has 0 saturated carbocycles. The van der Waals surface area contributed by atoms with Crippen molar-refractivity contribution in [3.8, 4) is 5.82 Å². The number of nitrogen functional groups attached to an aromatic ring is 1. The molecule has 0 radical (unpaired) electrons. The number of aromatic nitrogens is 3. The topological polar surface area (TPSA) is 103 Å². The van der Waals surface area contributed by atoms with Crippen molar-refractivity contribution in [2.75, 3.05) is 23.9 Å². The summed E-state index contributed by atoms with van der Waals surface area (Å²) in [6, 6.07) is 5.25. The van der Waals surface area contributed by atoms with Gasteiger partial charge in [0.2, 0.25) is 0 Å². The summed E-state index contributed by atoms with van der Waals surface area (Å²) in [5, 5.41) is 7.20. The fourth-order valence-electron chi connectivity index (χ4n) is 1.80. The Kier molecular flexibility index (Phi) is 3.93. The van der Waals surface area contributed by atoms with E-state index < -0.39 is 9.84 Å². The van der Waals surface area contributed by atoms with Gasteiger partial charge in [0, 0.05) is 19.0 Å². The number of hydrogen-bond donors (Lipinski definition) is 2. The predicted octanol–water partition coefficient (Wildman–Crippen LogP) is 1.07. The van der Waals surface area contributed by atoms with Crippen molar-refractivity contribution in [2.45, 2.75) is 18.2 Å². The van der Waals surface area contributed by atoms with Crippen LogP contribution in [0.15, 0.2) is 29.3 Å². The molecule has 2 rings (SSSR count). The van der Waals surface area contributed by atoms with Crippen LogP contribution in [0, 0.1) is 0 Å². The quantitative estimate of drug-likeness (QED) is 0.855. The van der Waals surface area contributed by atoms with Gasteiger partial charge in [0.25, 0.3) is 0 Å². The number of anilines is 2. The molecule has 8 heteroatoms. The molecule has 0 spiro atoms. The van der Waals surface area contributed by atoms with Crippen molar-refractivity contribution in [3.05, 3.63) is 24.4 Å². The summed E-state index contributed by atoms with van der Waals surface area (Å²) in [4.78, 5) is 4.14. The molecule has 0 unspecified atom stereocenters. The van der Waals surface area contributed by atoms with Gasteiger partial charge in [-0.25, -0.2) is 13.4 Å². The summed E-state index contributed by atoms with van der Waals surface area (Å²) in [5.74, 6) is 0.793. The van der Waals surface area contributed by atoms with Gasteiger partial charge in [-0.15, -0.1) is 5.10 Å². The normalized spacial score (nSPS) is 11.5. The lowest BCUT2D eigenvalue weighted by molar-refractivity contribution is 0.602. The molecule has 0 aliphatic heterocycles. The molecule has 0 aliphatic carbocycles. The Morgan fingerprint density at radius 3 is 2.70 bits per heavy atom. The third-order valence-corrected chi connectivity index (χ3v) is 3.80. The van der Waals surface area contributed by atoms with Gasteiger partial charge in [-0.05, 0) is 18.6 Å². The second-order valence-corrected chi connectivity index (χ2v) is 6.31. The Balaban J connectivity index is 2.59. The van der Waals surface area contributed by atoms with Crippen LogP contribution in [0.2, 0.25) is 0 Å². The number of sulfone groups is 1. The van der Waals surface area contributed by atoms with Crippen LogP contribution in [0.1, 0.15) is 13.3 Å². The summed E-state index contributed by atoms with van der Waals surface area (Å²) >= 11 is 0. The summed E-state index contributed by atoms with van der Waals surface area (Å²) in [5.41, 5.74) is 5.94. The fourth-order valence-corrected chi connectivity index (χ4v) is 2.73. The highest BCUT2D eigenvalue weighted by molar-refractivity contribution is 7.91. The van der Waals surface area contributed by atoms with Gasteiger partial charge < -0.3 is 11.1 Å².